The lowest BCUT2D eigenvalue weighted by Gasteiger charge is -2.11. The molecule has 0 fully saturated rings. The van der Waals surface area contributed by atoms with E-state index in [1.165, 1.54) is 11.0 Å². The average molecular weight is 375 g/mol. The molecule has 2 rings (SSSR count). The topological polar surface area (TPSA) is 26.0 Å². The van der Waals surface area contributed by atoms with Crippen molar-refractivity contribution in [2.75, 3.05) is 5.75 Å². The van der Waals surface area contributed by atoms with Crippen molar-refractivity contribution in [3.63, 3.8) is 0 Å². The van der Waals surface area contributed by atoms with Gasteiger partial charge in [0.15, 0.2) is 0 Å². The molecule has 2 N–H and O–H groups in total. The number of rotatable bonds is 5. The van der Waals surface area contributed by atoms with Crippen LogP contribution >= 0.6 is 39.3 Å². The van der Waals surface area contributed by atoms with Crippen LogP contribution in [0.4, 0.5) is 4.39 Å². The highest BCUT2D eigenvalue weighted by molar-refractivity contribution is 9.10. The summed E-state index contributed by atoms with van der Waals surface area (Å²) in [4.78, 5) is 1.17. The first-order valence-electron chi connectivity index (χ1n) is 6.12. The molecule has 106 valence electrons. The molecule has 20 heavy (non-hydrogen) atoms. The monoisotopic (exact) mass is 373 g/mol. The molecular weight excluding hydrogens is 361 g/mol. The molecule has 0 saturated heterocycles. The van der Waals surface area contributed by atoms with Crippen LogP contribution in [-0.4, -0.2) is 11.8 Å². The zero-order chi connectivity index (χ0) is 14.5. The van der Waals surface area contributed by atoms with E-state index in [4.69, 9.17) is 17.3 Å². The Balaban J connectivity index is 1.87. The number of nitrogens with two attached hydrogens (primary N) is 1. The summed E-state index contributed by atoms with van der Waals surface area (Å²) >= 11 is 10.8. The maximum atomic E-state index is 13.3. The Labute approximate surface area is 135 Å². The average Bonchev–Trinajstić information content (AvgIpc) is 2.42. The van der Waals surface area contributed by atoms with Crippen LogP contribution in [0.3, 0.4) is 0 Å². The van der Waals surface area contributed by atoms with Crippen molar-refractivity contribution in [3.8, 4) is 0 Å². The molecule has 0 heterocycles. The second kappa shape index (κ2) is 7.46. The van der Waals surface area contributed by atoms with Crippen molar-refractivity contribution < 1.29 is 4.39 Å². The molecule has 1 atom stereocenters. The summed E-state index contributed by atoms with van der Waals surface area (Å²) in [6, 6.07) is 12.9. The van der Waals surface area contributed by atoms with E-state index in [1.807, 2.05) is 30.3 Å². The van der Waals surface area contributed by atoms with E-state index >= 15 is 0 Å². The number of halogens is 3. The maximum absolute atomic E-state index is 13.3. The molecule has 0 aliphatic heterocycles. The normalized spacial score (nSPS) is 12.4. The summed E-state index contributed by atoms with van der Waals surface area (Å²) in [7, 11) is 0. The Morgan fingerprint density at radius 1 is 1.20 bits per heavy atom. The summed E-state index contributed by atoms with van der Waals surface area (Å²) in [5.41, 5.74) is 6.96. The number of benzene rings is 2. The molecule has 1 unspecified atom stereocenters. The lowest BCUT2D eigenvalue weighted by Crippen LogP contribution is -2.25. The third-order valence-electron chi connectivity index (χ3n) is 2.76. The van der Waals surface area contributed by atoms with Gasteiger partial charge in [-0.2, -0.15) is 0 Å². The van der Waals surface area contributed by atoms with E-state index in [9.17, 15) is 4.39 Å². The third kappa shape index (κ3) is 4.77. The molecule has 0 saturated carbocycles. The minimum Gasteiger partial charge on any atom is -0.327 e. The predicted octanol–water partition coefficient (Wildman–Crippen LogP) is 4.90. The molecule has 2 aromatic rings. The first-order chi connectivity index (χ1) is 9.54. The molecule has 0 bridgehead atoms. The Morgan fingerprint density at radius 2 is 1.90 bits per heavy atom. The summed E-state index contributed by atoms with van der Waals surface area (Å²) in [6.07, 6.45) is 0.637. The van der Waals surface area contributed by atoms with Gasteiger partial charge in [0.2, 0.25) is 0 Å². The standard InChI is InChI=1S/C15H14BrClFNS/c16-11-2-4-13(5-3-11)20-9-12(19)7-10-1-6-14(17)15(18)8-10/h1-6,8,12H,7,9,19H2. The molecule has 0 radical (unpaired) electrons. The summed E-state index contributed by atoms with van der Waals surface area (Å²) in [5.74, 6) is 0.392. The molecule has 1 nitrogen and oxygen atoms in total. The van der Waals surface area contributed by atoms with E-state index in [2.05, 4.69) is 15.9 Å². The predicted molar refractivity (Wildman–Crippen MR) is 88.0 cm³/mol. The molecule has 0 spiro atoms. The van der Waals surface area contributed by atoms with Gasteiger partial charge in [0, 0.05) is 21.2 Å². The highest BCUT2D eigenvalue weighted by Crippen LogP contribution is 2.22. The van der Waals surface area contributed by atoms with Gasteiger partial charge in [-0.3, -0.25) is 0 Å². The highest BCUT2D eigenvalue weighted by Gasteiger charge is 2.07. The van der Waals surface area contributed by atoms with Crippen LogP contribution in [0.15, 0.2) is 51.8 Å². The SMILES string of the molecule is NC(CSc1ccc(Br)cc1)Cc1ccc(Cl)c(F)c1. The molecule has 0 aliphatic carbocycles. The molecule has 0 aliphatic rings. The zero-order valence-corrected chi connectivity index (χ0v) is 13.8. The Bertz CT molecular complexity index is 577. The number of hydrogen-bond donors (Lipinski definition) is 1. The fourth-order valence-electron chi connectivity index (χ4n) is 1.76. The van der Waals surface area contributed by atoms with Crippen molar-refractivity contribution >= 4 is 39.3 Å². The van der Waals surface area contributed by atoms with Crippen molar-refractivity contribution in [2.24, 2.45) is 5.73 Å². The largest absolute Gasteiger partial charge is 0.327 e. The minimum absolute atomic E-state index is 0.0239. The highest BCUT2D eigenvalue weighted by atomic mass is 79.9. The van der Waals surface area contributed by atoms with E-state index < -0.39 is 5.82 Å². The van der Waals surface area contributed by atoms with E-state index in [0.717, 1.165) is 15.8 Å². The quantitative estimate of drug-likeness (QED) is 0.753. The lowest BCUT2D eigenvalue weighted by atomic mass is 10.1. The molecule has 0 aromatic heterocycles. The third-order valence-corrected chi connectivity index (χ3v) is 4.80. The Morgan fingerprint density at radius 3 is 2.55 bits per heavy atom. The fourth-order valence-corrected chi connectivity index (χ4v) is 3.00. The summed E-state index contributed by atoms with van der Waals surface area (Å²) in [5, 5.41) is 0.145. The second-order valence-electron chi connectivity index (χ2n) is 4.48. The maximum Gasteiger partial charge on any atom is 0.142 e. The summed E-state index contributed by atoms with van der Waals surface area (Å²) in [6.45, 7) is 0. The van der Waals surface area contributed by atoms with Gasteiger partial charge >= 0.3 is 0 Å². The van der Waals surface area contributed by atoms with Crippen LogP contribution in [0.2, 0.25) is 5.02 Å². The smallest absolute Gasteiger partial charge is 0.142 e. The lowest BCUT2D eigenvalue weighted by molar-refractivity contribution is 0.623. The van der Waals surface area contributed by atoms with Crippen molar-refractivity contribution in [1.29, 1.82) is 0 Å². The summed E-state index contributed by atoms with van der Waals surface area (Å²) < 4.78 is 14.4. The Kier molecular flexibility index (Phi) is 5.90. The van der Waals surface area contributed by atoms with Crippen LogP contribution in [0.5, 0.6) is 0 Å². The Hall–Kier alpha value is -0.550. The van der Waals surface area contributed by atoms with Crippen LogP contribution in [-0.2, 0) is 6.42 Å². The van der Waals surface area contributed by atoms with Gasteiger partial charge in [0.25, 0.3) is 0 Å². The molecule has 2 aromatic carbocycles. The van der Waals surface area contributed by atoms with E-state index in [-0.39, 0.29) is 11.1 Å². The van der Waals surface area contributed by atoms with Gasteiger partial charge in [0.1, 0.15) is 5.82 Å². The number of hydrogen-bond acceptors (Lipinski definition) is 2. The van der Waals surface area contributed by atoms with Crippen LogP contribution in [0.25, 0.3) is 0 Å². The van der Waals surface area contributed by atoms with Crippen molar-refractivity contribution in [2.45, 2.75) is 17.4 Å². The van der Waals surface area contributed by atoms with Crippen molar-refractivity contribution in [3.05, 3.63) is 63.3 Å². The van der Waals surface area contributed by atoms with Crippen molar-refractivity contribution in [1.82, 2.24) is 0 Å². The first-order valence-corrected chi connectivity index (χ1v) is 8.28. The van der Waals surface area contributed by atoms with Gasteiger partial charge in [-0.1, -0.05) is 33.6 Å². The van der Waals surface area contributed by atoms with Gasteiger partial charge in [-0.05, 0) is 48.4 Å². The second-order valence-corrected chi connectivity index (χ2v) is 6.89. The molecular formula is C15H14BrClFNS. The van der Waals surface area contributed by atoms with E-state index in [0.29, 0.717) is 6.42 Å². The molecule has 5 heteroatoms. The van der Waals surface area contributed by atoms with Crippen LogP contribution in [0.1, 0.15) is 5.56 Å². The number of thioether (sulfide) groups is 1. The van der Waals surface area contributed by atoms with Crippen LogP contribution < -0.4 is 5.73 Å². The fraction of sp³-hybridized carbons (Fsp3) is 0.200. The van der Waals surface area contributed by atoms with Gasteiger partial charge in [-0.25, -0.2) is 4.39 Å². The van der Waals surface area contributed by atoms with Crippen LogP contribution in [0, 0.1) is 5.82 Å². The van der Waals surface area contributed by atoms with Gasteiger partial charge in [-0.15, -0.1) is 11.8 Å². The van der Waals surface area contributed by atoms with Gasteiger partial charge in [0.05, 0.1) is 5.02 Å². The van der Waals surface area contributed by atoms with Gasteiger partial charge < -0.3 is 5.73 Å². The zero-order valence-electron chi connectivity index (χ0n) is 10.7. The first kappa shape index (κ1) is 15.8. The minimum atomic E-state index is -0.392. The molecule has 0 amide bonds. The van der Waals surface area contributed by atoms with E-state index in [1.54, 1.807) is 17.8 Å².